The quantitative estimate of drug-likeness (QED) is 0.464. The van der Waals surface area contributed by atoms with Crippen molar-refractivity contribution < 1.29 is 29.0 Å². The molecule has 34 heavy (non-hydrogen) atoms. The first-order valence-corrected chi connectivity index (χ1v) is 11.5. The molecule has 0 aromatic heterocycles. The number of fused-ring (bicyclic) bond motifs is 3. The van der Waals surface area contributed by atoms with Gasteiger partial charge in [-0.05, 0) is 35.6 Å². The number of carbonyl (C=O) groups is 3. The van der Waals surface area contributed by atoms with Gasteiger partial charge in [-0.2, -0.15) is 0 Å². The van der Waals surface area contributed by atoms with Crippen molar-refractivity contribution in [3.8, 4) is 11.1 Å². The van der Waals surface area contributed by atoms with Crippen LogP contribution in [0.25, 0.3) is 11.1 Å². The summed E-state index contributed by atoms with van der Waals surface area (Å²) in [6.07, 6.45) is 0.310. The third kappa shape index (κ3) is 5.56. The van der Waals surface area contributed by atoms with Gasteiger partial charge in [-0.3, -0.25) is 4.79 Å². The van der Waals surface area contributed by atoms with Crippen LogP contribution in [0, 0.1) is 0 Å². The fraction of sp³-hybridized carbons (Fsp3) is 0.423. The highest BCUT2D eigenvalue weighted by molar-refractivity contribution is 5.92. The van der Waals surface area contributed by atoms with Crippen molar-refractivity contribution in [1.82, 2.24) is 10.6 Å². The Balaban J connectivity index is 1.68. The molecule has 0 saturated heterocycles. The van der Waals surface area contributed by atoms with Gasteiger partial charge in [0.2, 0.25) is 5.91 Å². The molecular formula is C26H32N2O6. The van der Waals surface area contributed by atoms with E-state index in [2.05, 4.69) is 22.8 Å². The van der Waals surface area contributed by atoms with E-state index in [-0.39, 0.29) is 25.6 Å². The molecule has 0 bridgehead atoms. The monoisotopic (exact) mass is 468 g/mol. The summed E-state index contributed by atoms with van der Waals surface area (Å²) < 4.78 is 10.5. The molecule has 3 N–H and O–H groups in total. The molecule has 1 aliphatic carbocycles. The van der Waals surface area contributed by atoms with Crippen molar-refractivity contribution in [1.29, 1.82) is 0 Å². The lowest BCUT2D eigenvalue weighted by atomic mass is 9.94. The number of amides is 2. The predicted molar refractivity (Wildman–Crippen MR) is 128 cm³/mol. The van der Waals surface area contributed by atoms with E-state index in [0.717, 1.165) is 22.3 Å². The number of benzene rings is 2. The van der Waals surface area contributed by atoms with Crippen molar-refractivity contribution >= 4 is 18.0 Å². The molecule has 3 rings (SSSR count). The molecule has 8 nitrogen and oxygen atoms in total. The minimum absolute atomic E-state index is 0.102. The summed E-state index contributed by atoms with van der Waals surface area (Å²) in [7, 11) is 1.46. The standard InChI is InChI=1S/C26H32N2O6/c1-4-14-26(2,24(31)27-22(23(29)30)13-15-33-3)28-25(32)34-16-21-19-11-7-5-9-17(19)18-10-6-8-12-20(18)21/h5-12,21-22H,4,13-16H2,1-3H3,(H,27,31)(H,28,32)(H,29,30). The average Bonchev–Trinajstić information content (AvgIpc) is 3.14. The zero-order chi connectivity index (χ0) is 24.7. The van der Waals surface area contributed by atoms with Crippen molar-refractivity contribution in [2.24, 2.45) is 0 Å². The van der Waals surface area contributed by atoms with E-state index in [4.69, 9.17) is 9.47 Å². The van der Waals surface area contributed by atoms with Crippen LogP contribution in [0.1, 0.15) is 50.2 Å². The van der Waals surface area contributed by atoms with Crippen molar-refractivity contribution in [2.75, 3.05) is 20.3 Å². The van der Waals surface area contributed by atoms with Gasteiger partial charge in [-0.15, -0.1) is 0 Å². The summed E-state index contributed by atoms with van der Waals surface area (Å²) in [6.45, 7) is 3.75. The highest BCUT2D eigenvalue weighted by atomic mass is 16.5. The first-order valence-electron chi connectivity index (χ1n) is 11.5. The molecule has 2 unspecified atom stereocenters. The van der Waals surface area contributed by atoms with Crippen LogP contribution in [-0.4, -0.2) is 55.0 Å². The van der Waals surface area contributed by atoms with E-state index in [0.29, 0.717) is 12.8 Å². The number of methoxy groups -OCH3 is 1. The Morgan fingerprint density at radius 3 is 2.18 bits per heavy atom. The van der Waals surface area contributed by atoms with Crippen LogP contribution >= 0.6 is 0 Å². The third-order valence-electron chi connectivity index (χ3n) is 6.19. The number of alkyl carbamates (subject to hydrolysis) is 1. The smallest absolute Gasteiger partial charge is 0.408 e. The van der Waals surface area contributed by atoms with E-state index >= 15 is 0 Å². The Morgan fingerprint density at radius 1 is 1.06 bits per heavy atom. The second-order valence-electron chi connectivity index (χ2n) is 8.68. The molecule has 0 saturated carbocycles. The Kier molecular flexibility index (Phi) is 8.28. The van der Waals surface area contributed by atoms with E-state index in [1.807, 2.05) is 43.3 Å². The summed E-state index contributed by atoms with van der Waals surface area (Å²) in [5.74, 6) is -1.84. The lowest BCUT2D eigenvalue weighted by molar-refractivity contribution is -0.143. The lowest BCUT2D eigenvalue weighted by Gasteiger charge is -2.30. The Labute approximate surface area is 199 Å². The number of carbonyl (C=O) groups excluding carboxylic acids is 2. The first kappa shape index (κ1) is 25.2. The van der Waals surface area contributed by atoms with Gasteiger partial charge in [0, 0.05) is 26.1 Å². The van der Waals surface area contributed by atoms with Gasteiger partial charge in [0.05, 0.1) is 0 Å². The van der Waals surface area contributed by atoms with E-state index in [9.17, 15) is 19.5 Å². The molecule has 182 valence electrons. The normalized spacial score (nSPS) is 14.9. The molecule has 0 radical (unpaired) electrons. The molecule has 2 atom stereocenters. The number of carboxylic acid groups (broad SMARTS) is 1. The van der Waals surface area contributed by atoms with Gasteiger partial charge in [0.15, 0.2) is 0 Å². The third-order valence-corrected chi connectivity index (χ3v) is 6.19. The molecule has 1 aliphatic rings. The van der Waals surface area contributed by atoms with Crippen molar-refractivity contribution in [2.45, 2.75) is 50.6 Å². The van der Waals surface area contributed by atoms with Gasteiger partial charge >= 0.3 is 12.1 Å². The summed E-state index contributed by atoms with van der Waals surface area (Å²) >= 11 is 0. The molecule has 2 aromatic rings. The number of nitrogens with one attached hydrogen (secondary N) is 2. The van der Waals surface area contributed by atoms with Crippen LogP contribution in [0.5, 0.6) is 0 Å². The van der Waals surface area contributed by atoms with Crippen LogP contribution in [0.15, 0.2) is 48.5 Å². The summed E-state index contributed by atoms with van der Waals surface area (Å²) in [5.41, 5.74) is 3.11. The summed E-state index contributed by atoms with van der Waals surface area (Å²) in [4.78, 5) is 37.2. The van der Waals surface area contributed by atoms with Crippen LogP contribution in [0.2, 0.25) is 0 Å². The maximum absolute atomic E-state index is 13.0. The molecule has 2 aromatic carbocycles. The highest BCUT2D eigenvalue weighted by Gasteiger charge is 2.37. The number of ether oxygens (including phenoxy) is 2. The van der Waals surface area contributed by atoms with Gasteiger partial charge in [0.1, 0.15) is 18.2 Å². The van der Waals surface area contributed by atoms with E-state index in [1.165, 1.54) is 7.11 Å². The number of hydrogen-bond acceptors (Lipinski definition) is 5. The number of aliphatic carboxylic acids is 1. The molecule has 0 aliphatic heterocycles. The van der Waals surface area contributed by atoms with Crippen LogP contribution < -0.4 is 10.6 Å². The maximum atomic E-state index is 13.0. The number of carboxylic acids is 1. The van der Waals surface area contributed by atoms with Crippen molar-refractivity contribution in [3.05, 3.63) is 59.7 Å². The minimum Gasteiger partial charge on any atom is -0.480 e. The Morgan fingerprint density at radius 2 is 1.65 bits per heavy atom. The topological polar surface area (TPSA) is 114 Å². The lowest BCUT2D eigenvalue weighted by Crippen LogP contribution is -2.59. The molecule has 8 heteroatoms. The zero-order valence-electron chi connectivity index (χ0n) is 19.8. The first-order chi connectivity index (χ1) is 16.3. The van der Waals surface area contributed by atoms with Crippen molar-refractivity contribution in [3.63, 3.8) is 0 Å². The zero-order valence-corrected chi connectivity index (χ0v) is 19.8. The fourth-order valence-corrected chi connectivity index (χ4v) is 4.40. The second-order valence-corrected chi connectivity index (χ2v) is 8.68. The van der Waals surface area contributed by atoms with Gasteiger partial charge in [-0.1, -0.05) is 61.9 Å². The number of rotatable bonds is 11. The van der Waals surface area contributed by atoms with Crippen LogP contribution in [0.3, 0.4) is 0 Å². The highest BCUT2D eigenvalue weighted by Crippen LogP contribution is 2.44. The Bertz CT molecular complexity index is 994. The largest absolute Gasteiger partial charge is 0.480 e. The molecule has 0 heterocycles. The van der Waals surface area contributed by atoms with Gasteiger partial charge in [0.25, 0.3) is 0 Å². The summed E-state index contributed by atoms with van der Waals surface area (Å²) in [6, 6.07) is 14.9. The Hall–Kier alpha value is -3.39. The molecule has 2 amide bonds. The fourth-order valence-electron chi connectivity index (χ4n) is 4.40. The van der Waals surface area contributed by atoms with Gasteiger partial charge in [-0.25, -0.2) is 9.59 Å². The number of hydrogen-bond donors (Lipinski definition) is 3. The average molecular weight is 469 g/mol. The molecule has 0 fully saturated rings. The van der Waals surface area contributed by atoms with Gasteiger partial charge < -0.3 is 25.2 Å². The van der Waals surface area contributed by atoms with E-state index < -0.39 is 29.6 Å². The maximum Gasteiger partial charge on any atom is 0.408 e. The molecular weight excluding hydrogens is 436 g/mol. The second kappa shape index (κ2) is 11.2. The van der Waals surface area contributed by atoms with E-state index in [1.54, 1.807) is 6.92 Å². The van der Waals surface area contributed by atoms with Crippen LogP contribution in [0.4, 0.5) is 4.79 Å². The SMILES string of the molecule is CCCC(C)(NC(=O)OCC1c2ccccc2-c2ccccc21)C(=O)NC(CCOC)C(=O)O. The predicted octanol–water partition coefficient (Wildman–Crippen LogP) is 3.69. The molecule has 0 spiro atoms. The minimum atomic E-state index is -1.32. The van der Waals surface area contributed by atoms with Crippen LogP contribution in [-0.2, 0) is 19.1 Å². The summed E-state index contributed by atoms with van der Waals surface area (Å²) in [5, 5.41) is 14.6.